The first-order valence-electron chi connectivity index (χ1n) is 9.52. The molecule has 2 rings (SSSR count). The molecule has 0 aliphatic rings. The van der Waals surface area contributed by atoms with Crippen LogP contribution in [0.5, 0.6) is 0 Å². The summed E-state index contributed by atoms with van der Waals surface area (Å²) in [5.74, 6) is 0.247. The lowest BCUT2D eigenvalue weighted by molar-refractivity contribution is -0.384. The number of thioether (sulfide) groups is 1. The molecule has 0 spiro atoms. The topological polar surface area (TPSA) is 92.6 Å². The normalized spacial score (nSPS) is 11.6. The van der Waals surface area contributed by atoms with E-state index in [1.165, 1.54) is 30.9 Å². The molecule has 1 atom stereocenters. The number of rotatable bonds is 10. The van der Waals surface area contributed by atoms with Gasteiger partial charge in [0.05, 0.1) is 20.7 Å². The lowest BCUT2D eigenvalue weighted by Crippen LogP contribution is -2.48. The summed E-state index contributed by atoms with van der Waals surface area (Å²) in [6.45, 7) is 2.07. The minimum Gasteiger partial charge on any atom is -0.357 e. The van der Waals surface area contributed by atoms with Crippen LogP contribution in [0.25, 0.3) is 0 Å². The fourth-order valence-electron chi connectivity index (χ4n) is 2.97. The molecular weight excluding hydrogens is 461 g/mol. The summed E-state index contributed by atoms with van der Waals surface area (Å²) in [4.78, 5) is 37.2. The number of carbonyl (C=O) groups is 2. The molecule has 0 bridgehead atoms. The zero-order valence-corrected chi connectivity index (χ0v) is 19.5. The van der Waals surface area contributed by atoms with Crippen LogP contribution >= 0.6 is 35.0 Å². The molecule has 0 saturated heterocycles. The fourth-order valence-corrected chi connectivity index (χ4v) is 4.17. The summed E-state index contributed by atoms with van der Waals surface area (Å²) in [7, 11) is 1.54. The Labute approximate surface area is 195 Å². The third-order valence-electron chi connectivity index (χ3n) is 4.61. The van der Waals surface area contributed by atoms with Crippen molar-refractivity contribution >= 4 is 52.5 Å². The SMILES string of the molecule is CC[C@H](C(=O)NC)N(Cc1ccc(Cl)c(Cl)c1)C(=O)CSCc1ccc([N+](=O)[O-])cc1. The zero-order valence-electron chi connectivity index (χ0n) is 17.1. The Kier molecular flexibility index (Phi) is 9.61. The molecule has 0 aliphatic carbocycles. The quantitative estimate of drug-likeness (QED) is 0.390. The number of hydrogen-bond donors (Lipinski definition) is 1. The van der Waals surface area contributed by atoms with Crippen molar-refractivity contribution in [1.29, 1.82) is 0 Å². The van der Waals surface area contributed by atoms with Gasteiger partial charge in [-0.05, 0) is 29.7 Å². The molecular formula is C21H23Cl2N3O4S. The van der Waals surface area contributed by atoms with E-state index in [1.54, 1.807) is 35.2 Å². The first-order chi connectivity index (χ1) is 14.8. The average Bonchev–Trinajstić information content (AvgIpc) is 2.76. The summed E-state index contributed by atoms with van der Waals surface area (Å²) < 4.78 is 0. The Hall–Kier alpha value is -2.29. The van der Waals surface area contributed by atoms with Crippen LogP contribution in [-0.2, 0) is 21.9 Å². The van der Waals surface area contributed by atoms with Gasteiger partial charge in [0.1, 0.15) is 6.04 Å². The van der Waals surface area contributed by atoms with Gasteiger partial charge in [0, 0.05) is 31.5 Å². The fraction of sp³-hybridized carbons (Fsp3) is 0.333. The Morgan fingerprint density at radius 3 is 2.32 bits per heavy atom. The van der Waals surface area contributed by atoms with Gasteiger partial charge in [-0.1, -0.05) is 48.3 Å². The van der Waals surface area contributed by atoms with Crippen LogP contribution in [0, 0.1) is 10.1 Å². The number of hydrogen-bond acceptors (Lipinski definition) is 5. The molecule has 31 heavy (non-hydrogen) atoms. The highest BCUT2D eigenvalue weighted by molar-refractivity contribution is 7.99. The number of nitrogens with one attached hydrogen (secondary N) is 1. The molecule has 1 N–H and O–H groups in total. The van der Waals surface area contributed by atoms with Crippen LogP contribution < -0.4 is 5.32 Å². The van der Waals surface area contributed by atoms with Crippen LogP contribution in [0.3, 0.4) is 0 Å². The van der Waals surface area contributed by atoms with Crippen molar-refractivity contribution < 1.29 is 14.5 Å². The monoisotopic (exact) mass is 483 g/mol. The molecule has 0 aromatic heterocycles. The second-order valence-electron chi connectivity index (χ2n) is 6.72. The van der Waals surface area contributed by atoms with E-state index in [0.29, 0.717) is 22.2 Å². The van der Waals surface area contributed by atoms with Gasteiger partial charge in [0.15, 0.2) is 0 Å². The van der Waals surface area contributed by atoms with Crippen molar-refractivity contribution in [3.05, 3.63) is 73.8 Å². The number of amides is 2. The standard InChI is InChI=1S/C21H23Cl2N3O4S/c1-3-19(21(28)24-2)25(11-15-6-9-17(22)18(23)10-15)20(27)13-31-12-14-4-7-16(8-5-14)26(29)30/h4-10,19H,3,11-13H2,1-2H3,(H,24,28)/t19-/m1/s1. The van der Waals surface area contributed by atoms with Gasteiger partial charge in [-0.3, -0.25) is 19.7 Å². The maximum Gasteiger partial charge on any atom is 0.269 e. The first-order valence-corrected chi connectivity index (χ1v) is 11.4. The number of nitro benzene ring substituents is 1. The highest BCUT2D eigenvalue weighted by Gasteiger charge is 2.28. The predicted octanol–water partition coefficient (Wildman–Crippen LogP) is 4.69. The largest absolute Gasteiger partial charge is 0.357 e. The summed E-state index contributed by atoms with van der Waals surface area (Å²) in [5.41, 5.74) is 1.66. The molecule has 0 saturated carbocycles. The van der Waals surface area contributed by atoms with Crippen molar-refractivity contribution in [1.82, 2.24) is 10.2 Å². The van der Waals surface area contributed by atoms with Gasteiger partial charge in [0.2, 0.25) is 11.8 Å². The number of likely N-dealkylation sites (N-methyl/N-ethyl adjacent to an activating group) is 1. The van der Waals surface area contributed by atoms with Gasteiger partial charge in [0.25, 0.3) is 5.69 Å². The molecule has 0 unspecified atom stereocenters. The Balaban J connectivity index is 2.10. The summed E-state index contributed by atoms with van der Waals surface area (Å²) in [6, 6.07) is 10.7. The zero-order chi connectivity index (χ0) is 23.0. The molecule has 166 valence electrons. The highest BCUT2D eigenvalue weighted by Crippen LogP contribution is 2.25. The van der Waals surface area contributed by atoms with Crippen LogP contribution in [-0.4, -0.2) is 40.5 Å². The Morgan fingerprint density at radius 2 is 1.77 bits per heavy atom. The molecule has 2 aromatic carbocycles. The molecule has 2 aromatic rings. The second-order valence-corrected chi connectivity index (χ2v) is 8.52. The second kappa shape index (κ2) is 11.9. The van der Waals surface area contributed by atoms with E-state index < -0.39 is 11.0 Å². The summed E-state index contributed by atoms with van der Waals surface area (Å²) >= 11 is 13.5. The van der Waals surface area contributed by atoms with Crippen molar-refractivity contribution in [3.63, 3.8) is 0 Å². The number of nitro groups is 1. The predicted molar refractivity (Wildman–Crippen MR) is 124 cm³/mol. The molecule has 0 heterocycles. The van der Waals surface area contributed by atoms with Gasteiger partial charge in [-0.2, -0.15) is 0 Å². The number of carbonyl (C=O) groups excluding carboxylic acids is 2. The van der Waals surface area contributed by atoms with Crippen LogP contribution in [0.4, 0.5) is 5.69 Å². The minimum absolute atomic E-state index is 0.0222. The summed E-state index contributed by atoms with van der Waals surface area (Å²) in [5, 5.41) is 14.2. The van der Waals surface area contributed by atoms with Crippen LogP contribution in [0.2, 0.25) is 10.0 Å². The van der Waals surface area contributed by atoms with Crippen molar-refractivity contribution in [3.8, 4) is 0 Å². The van der Waals surface area contributed by atoms with E-state index >= 15 is 0 Å². The van der Waals surface area contributed by atoms with Crippen molar-refractivity contribution in [2.45, 2.75) is 31.7 Å². The van der Waals surface area contributed by atoms with Gasteiger partial charge < -0.3 is 10.2 Å². The molecule has 10 heteroatoms. The van der Waals surface area contributed by atoms with Crippen LogP contribution in [0.1, 0.15) is 24.5 Å². The van der Waals surface area contributed by atoms with Crippen molar-refractivity contribution in [2.24, 2.45) is 0 Å². The van der Waals surface area contributed by atoms with E-state index in [4.69, 9.17) is 23.2 Å². The van der Waals surface area contributed by atoms with Gasteiger partial charge in [-0.15, -0.1) is 11.8 Å². The smallest absolute Gasteiger partial charge is 0.269 e. The third kappa shape index (κ3) is 7.12. The molecule has 2 amide bonds. The lowest BCUT2D eigenvalue weighted by atomic mass is 10.1. The van der Waals surface area contributed by atoms with Gasteiger partial charge >= 0.3 is 0 Å². The van der Waals surface area contributed by atoms with E-state index in [1.807, 2.05) is 6.92 Å². The number of halogens is 2. The van der Waals surface area contributed by atoms with E-state index in [9.17, 15) is 19.7 Å². The number of nitrogens with zero attached hydrogens (tertiary/aromatic N) is 2. The van der Waals surface area contributed by atoms with Crippen molar-refractivity contribution in [2.75, 3.05) is 12.8 Å². The Morgan fingerprint density at radius 1 is 1.13 bits per heavy atom. The summed E-state index contributed by atoms with van der Waals surface area (Å²) in [6.07, 6.45) is 0.458. The van der Waals surface area contributed by atoms with E-state index in [2.05, 4.69) is 5.32 Å². The Bertz CT molecular complexity index is 941. The lowest BCUT2D eigenvalue weighted by Gasteiger charge is -2.30. The maximum absolute atomic E-state index is 13.0. The number of non-ortho nitro benzene ring substituents is 1. The minimum atomic E-state index is -0.619. The van der Waals surface area contributed by atoms with Crippen LogP contribution in [0.15, 0.2) is 42.5 Å². The average molecular weight is 484 g/mol. The molecule has 7 nitrogen and oxygen atoms in total. The third-order valence-corrected chi connectivity index (χ3v) is 6.34. The molecule has 0 fully saturated rings. The maximum atomic E-state index is 13.0. The molecule has 0 radical (unpaired) electrons. The van der Waals surface area contributed by atoms with E-state index in [-0.39, 0.29) is 29.8 Å². The first kappa shape index (κ1) is 25.0. The number of benzene rings is 2. The highest BCUT2D eigenvalue weighted by atomic mass is 35.5. The van der Waals surface area contributed by atoms with Gasteiger partial charge in [-0.25, -0.2) is 0 Å². The van der Waals surface area contributed by atoms with E-state index in [0.717, 1.165) is 11.1 Å². The molecule has 0 aliphatic heterocycles.